The molecule has 0 unspecified atom stereocenters. The van der Waals surface area contributed by atoms with Gasteiger partial charge in [-0.05, 0) is 91.5 Å². The van der Waals surface area contributed by atoms with Crippen molar-refractivity contribution >= 4 is 23.3 Å². The van der Waals surface area contributed by atoms with Crippen LogP contribution in [0.25, 0.3) is 0 Å². The van der Waals surface area contributed by atoms with Gasteiger partial charge < -0.3 is 15.2 Å². The van der Waals surface area contributed by atoms with E-state index in [9.17, 15) is 9.90 Å². The highest BCUT2D eigenvalue weighted by Crippen LogP contribution is 2.55. The second-order valence-corrected chi connectivity index (χ2v) is 11.6. The first-order valence-corrected chi connectivity index (χ1v) is 14.0. The van der Waals surface area contributed by atoms with Gasteiger partial charge in [-0.3, -0.25) is 0 Å². The number of ether oxygens (including phenoxy) is 1. The Labute approximate surface area is 229 Å². The smallest absolute Gasteiger partial charge is 0.329 e. The topological polar surface area (TPSA) is 84.3 Å². The van der Waals surface area contributed by atoms with Crippen LogP contribution in [0, 0.1) is 5.92 Å². The molecule has 0 bridgehead atoms. The summed E-state index contributed by atoms with van der Waals surface area (Å²) in [7, 11) is 0. The number of halogens is 1. The predicted octanol–water partition coefficient (Wildman–Crippen LogP) is 7.03. The Morgan fingerprint density at radius 2 is 1.95 bits per heavy atom. The first kappa shape index (κ1) is 26.5. The number of carboxylic acids is 1. The lowest BCUT2D eigenvalue weighted by Gasteiger charge is -2.47. The molecule has 2 aliphatic carbocycles. The van der Waals surface area contributed by atoms with Crippen LogP contribution in [0.4, 0.5) is 5.69 Å². The molecule has 0 amide bonds. The van der Waals surface area contributed by atoms with E-state index in [-0.39, 0.29) is 5.41 Å². The molecule has 2 N–H and O–H groups in total. The van der Waals surface area contributed by atoms with Gasteiger partial charge in [0.25, 0.3) is 0 Å². The number of fused-ring (bicyclic) bond motifs is 2. The van der Waals surface area contributed by atoms with Gasteiger partial charge in [-0.25, -0.2) is 14.8 Å². The van der Waals surface area contributed by atoms with Crippen LogP contribution >= 0.6 is 11.6 Å². The van der Waals surface area contributed by atoms with Gasteiger partial charge in [0.15, 0.2) is 0 Å². The highest BCUT2D eigenvalue weighted by molar-refractivity contribution is 6.30. The van der Waals surface area contributed by atoms with Crippen LogP contribution in [0.1, 0.15) is 75.0 Å². The summed E-state index contributed by atoms with van der Waals surface area (Å²) in [4.78, 5) is 21.1. The van der Waals surface area contributed by atoms with Gasteiger partial charge in [0, 0.05) is 22.5 Å². The van der Waals surface area contributed by atoms with Crippen molar-refractivity contribution < 1.29 is 14.6 Å². The standard InChI is InChI=1S/C31H36ClN3O3/c1-21(2)26-19-33-20-34-28(26)38-16-6-8-23-17-22-7-3-4-11-27(22)30(23)12-14-31(15-13-30,29(36)37)35-25-10-5-9-24(32)18-25/h3-5,7,9-11,18-21,23,35H,6,8,12-17H2,1-2H3,(H,36,37)/t23-,30?,31?/m1/s1. The molecule has 0 aliphatic heterocycles. The van der Waals surface area contributed by atoms with Gasteiger partial charge in [0.2, 0.25) is 5.88 Å². The number of rotatable bonds is 9. The summed E-state index contributed by atoms with van der Waals surface area (Å²) in [6, 6.07) is 16.1. The van der Waals surface area contributed by atoms with E-state index >= 15 is 0 Å². The van der Waals surface area contributed by atoms with E-state index in [4.69, 9.17) is 16.3 Å². The van der Waals surface area contributed by atoms with Gasteiger partial charge in [0.05, 0.1) is 6.61 Å². The summed E-state index contributed by atoms with van der Waals surface area (Å²) in [6.07, 6.45) is 9.15. The number of benzene rings is 2. The summed E-state index contributed by atoms with van der Waals surface area (Å²) >= 11 is 6.18. The van der Waals surface area contributed by atoms with Crippen molar-refractivity contribution in [3.63, 3.8) is 0 Å². The molecule has 1 aromatic heterocycles. The molecule has 1 atom stereocenters. The molecular weight excluding hydrogens is 498 g/mol. The summed E-state index contributed by atoms with van der Waals surface area (Å²) in [5, 5.41) is 14.3. The Morgan fingerprint density at radius 1 is 1.16 bits per heavy atom. The number of aliphatic carboxylic acids is 1. The second-order valence-electron chi connectivity index (χ2n) is 11.2. The largest absolute Gasteiger partial charge is 0.480 e. The zero-order valence-electron chi connectivity index (χ0n) is 22.1. The number of anilines is 1. The van der Waals surface area contributed by atoms with Gasteiger partial charge in [-0.1, -0.05) is 55.8 Å². The van der Waals surface area contributed by atoms with E-state index in [0.717, 1.165) is 43.4 Å². The normalized spacial score (nSPS) is 24.4. The van der Waals surface area contributed by atoms with Crippen LogP contribution in [0.2, 0.25) is 5.02 Å². The molecule has 0 saturated heterocycles. The quantitative estimate of drug-likeness (QED) is 0.287. The number of aromatic nitrogens is 2. The lowest BCUT2D eigenvalue weighted by atomic mass is 9.60. The first-order chi connectivity index (χ1) is 18.3. The minimum atomic E-state index is -0.999. The summed E-state index contributed by atoms with van der Waals surface area (Å²) in [5.74, 6) is 0.636. The van der Waals surface area contributed by atoms with E-state index in [1.165, 1.54) is 17.5 Å². The van der Waals surface area contributed by atoms with Crippen molar-refractivity contribution in [2.45, 2.75) is 75.7 Å². The van der Waals surface area contributed by atoms with Crippen LogP contribution < -0.4 is 10.1 Å². The van der Waals surface area contributed by atoms with Crippen LogP contribution in [0.5, 0.6) is 5.88 Å². The molecule has 200 valence electrons. The Hall–Kier alpha value is -3.12. The summed E-state index contributed by atoms with van der Waals surface area (Å²) in [5.41, 5.74) is 3.58. The molecule has 7 heteroatoms. The van der Waals surface area contributed by atoms with Crippen molar-refractivity contribution in [1.82, 2.24) is 9.97 Å². The predicted molar refractivity (Wildman–Crippen MR) is 150 cm³/mol. The Balaban J connectivity index is 1.30. The fourth-order valence-corrected chi connectivity index (χ4v) is 6.81. The van der Waals surface area contributed by atoms with Crippen LogP contribution in [0.3, 0.4) is 0 Å². The fraction of sp³-hybridized carbons (Fsp3) is 0.452. The average Bonchev–Trinajstić information content (AvgIpc) is 3.21. The molecular formula is C31H36ClN3O3. The summed E-state index contributed by atoms with van der Waals surface area (Å²) in [6.45, 7) is 4.84. The molecule has 2 aliphatic rings. The second kappa shape index (κ2) is 10.9. The van der Waals surface area contributed by atoms with Crippen molar-refractivity contribution in [3.05, 3.63) is 82.8 Å². The molecule has 3 aromatic rings. The number of carbonyl (C=O) groups is 1. The monoisotopic (exact) mass is 533 g/mol. The van der Waals surface area contributed by atoms with E-state index in [1.54, 1.807) is 12.1 Å². The Morgan fingerprint density at radius 3 is 2.68 bits per heavy atom. The van der Waals surface area contributed by atoms with Crippen molar-refractivity contribution in [3.8, 4) is 5.88 Å². The molecule has 38 heavy (non-hydrogen) atoms. The highest BCUT2D eigenvalue weighted by atomic mass is 35.5. The van der Waals surface area contributed by atoms with E-state index in [0.29, 0.717) is 42.2 Å². The third kappa shape index (κ3) is 5.11. The zero-order valence-corrected chi connectivity index (χ0v) is 22.9. The number of nitrogens with zero attached hydrogens (tertiary/aromatic N) is 2. The summed E-state index contributed by atoms with van der Waals surface area (Å²) < 4.78 is 6.10. The Bertz CT molecular complexity index is 1290. The number of hydrogen-bond acceptors (Lipinski definition) is 5. The van der Waals surface area contributed by atoms with E-state index in [1.807, 2.05) is 18.3 Å². The van der Waals surface area contributed by atoms with E-state index < -0.39 is 11.5 Å². The molecule has 2 aromatic carbocycles. The first-order valence-electron chi connectivity index (χ1n) is 13.6. The van der Waals surface area contributed by atoms with Gasteiger partial charge in [-0.15, -0.1) is 0 Å². The maximum Gasteiger partial charge on any atom is 0.329 e. The minimum Gasteiger partial charge on any atom is -0.480 e. The van der Waals surface area contributed by atoms with Gasteiger partial charge in [-0.2, -0.15) is 0 Å². The SMILES string of the molecule is CC(C)c1cncnc1OCCC[C@@H]1Cc2ccccc2C12CCC(Nc1cccc(Cl)c1)(C(=O)O)CC2. The molecule has 1 heterocycles. The Kier molecular flexibility index (Phi) is 7.62. The third-order valence-corrected chi connectivity index (χ3v) is 8.91. The average molecular weight is 534 g/mol. The zero-order chi connectivity index (χ0) is 26.8. The maximum atomic E-state index is 12.6. The van der Waals surface area contributed by atoms with Gasteiger partial charge in [0.1, 0.15) is 11.9 Å². The maximum absolute atomic E-state index is 12.6. The molecule has 1 fully saturated rings. The molecule has 1 saturated carbocycles. The number of nitrogens with one attached hydrogen (secondary N) is 1. The third-order valence-electron chi connectivity index (χ3n) is 8.67. The van der Waals surface area contributed by atoms with Crippen molar-refractivity contribution in [2.24, 2.45) is 5.92 Å². The van der Waals surface area contributed by atoms with Crippen molar-refractivity contribution in [2.75, 3.05) is 11.9 Å². The van der Waals surface area contributed by atoms with Gasteiger partial charge >= 0.3 is 5.97 Å². The van der Waals surface area contributed by atoms with E-state index in [2.05, 4.69) is 53.4 Å². The molecule has 5 rings (SSSR count). The van der Waals surface area contributed by atoms with Crippen LogP contribution in [0.15, 0.2) is 61.1 Å². The van der Waals surface area contributed by atoms with Crippen LogP contribution in [-0.4, -0.2) is 33.2 Å². The van der Waals surface area contributed by atoms with Crippen LogP contribution in [-0.2, 0) is 16.6 Å². The molecule has 6 nitrogen and oxygen atoms in total. The van der Waals surface area contributed by atoms with Crippen molar-refractivity contribution in [1.29, 1.82) is 0 Å². The number of carboxylic acid groups (broad SMARTS) is 1. The molecule has 1 spiro atoms. The molecule has 0 radical (unpaired) electrons. The lowest BCUT2D eigenvalue weighted by molar-refractivity contribution is -0.144. The lowest BCUT2D eigenvalue weighted by Crippen LogP contribution is -2.53. The fourth-order valence-electron chi connectivity index (χ4n) is 6.62. The minimum absolute atomic E-state index is 0.0104. The highest BCUT2D eigenvalue weighted by Gasteiger charge is 2.53. The number of hydrogen-bond donors (Lipinski definition) is 2.